The third kappa shape index (κ3) is 3.17. The van der Waals surface area contributed by atoms with Crippen molar-refractivity contribution in [3.63, 3.8) is 0 Å². The molecule has 18 heavy (non-hydrogen) atoms. The molecule has 0 saturated carbocycles. The Kier molecular flexibility index (Phi) is 4.10. The van der Waals surface area contributed by atoms with Crippen LogP contribution in [0.4, 0.5) is 5.82 Å². The number of anilines is 1. The summed E-state index contributed by atoms with van der Waals surface area (Å²) in [6.45, 7) is 4.99. The van der Waals surface area contributed by atoms with Gasteiger partial charge < -0.3 is 11.1 Å². The zero-order valence-corrected chi connectivity index (χ0v) is 10.9. The molecular formula is C14H20N4. The number of fused-ring (bicyclic) bond motifs is 1. The van der Waals surface area contributed by atoms with Crippen LogP contribution in [-0.4, -0.2) is 22.6 Å². The molecule has 1 aromatic carbocycles. The summed E-state index contributed by atoms with van der Waals surface area (Å²) in [5.74, 6) is 1.41. The van der Waals surface area contributed by atoms with E-state index in [9.17, 15) is 0 Å². The molecular weight excluding hydrogens is 224 g/mol. The van der Waals surface area contributed by atoms with Crippen LogP contribution >= 0.6 is 0 Å². The van der Waals surface area contributed by atoms with Crippen molar-refractivity contribution in [1.29, 1.82) is 0 Å². The van der Waals surface area contributed by atoms with Crippen LogP contribution in [0.5, 0.6) is 0 Å². The molecule has 0 radical (unpaired) electrons. The Morgan fingerprint density at radius 1 is 1.22 bits per heavy atom. The highest BCUT2D eigenvalue weighted by Gasteiger charge is 2.09. The first-order valence-electron chi connectivity index (χ1n) is 6.37. The van der Waals surface area contributed by atoms with Crippen LogP contribution in [0.2, 0.25) is 0 Å². The van der Waals surface area contributed by atoms with E-state index in [-0.39, 0.29) is 6.04 Å². The summed E-state index contributed by atoms with van der Waals surface area (Å²) in [7, 11) is 0. The summed E-state index contributed by atoms with van der Waals surface area (Å²) in [5, 5.41) is 3.35. The number of nitrogens with zero attached hydrogens (tertiary/aromatic N) is 2. The maximum absolute atomic E-state index is 5.77. The molecule has 0 bridgehead atoms. The van der Waals surface area contributed by atoms with Crippen molar-refractivity contribution < 1.29 is 0 Å². The molecule has 2 rings (SSSR count). The van der Waals surface area contributed by atoms with E-state index in [0.29, 0.717) is 12.5 Å². The van der Waals surface area contributed by atoms with Crippen LogP contribution < -0.4 is 11.1 Å². The number of hydrogen-bond donors (Lipinski definition) is 2. The van der Waals surface area contributed by atoms with Gasteiger partial charge in [-0.3, -0.25) is 4.98 Å². The smallest absolute Gasteiger partial charge is 0.145 e. The minimum absolute atomic E-state index is 0.250. The molecule has 0 aliphatic rings. The van der Waals surface area contributed by atoms with Gasteiger partial charge in [-0.15, -0.1) is 0 Å². The highest BCUT2D eigenvalue weighted by molar-refractivity contribution is 5.75. The second-order valence-electron chi connectivity index (χ2n) is 4.95. The number of nitrogens with one attached hydrogen (secondary N) is 1. The van der Waals surface area contributed by atoms with Gasteiger partial charge in [0.05, 0.1) is 17.2 Å². The van der Waals surface area contributed by atoms with Crippen LogP contribution in [-0.2, 0) is 0 Å². The van der Waals surface area contributed by atoms with Crippen LogP contribution in [0.3, 0.4) is 0 Å². The minimum atomic E-state index is 0.250. The summed E-state index contributed by atoms with van der Waals surface area (Å²) in [6.07, 6.45) is 2.80. The van der Waals surface area contributed by atoms with Gasteiger partial charge in [-0.25, -0.2) is 4.98 Å². The molecule has 3 N–H and O–H groups in total. The van der Waals surface area contributed by atoms with Crippen molar-refractivity contribution >= 4 is 16.9 Å². The molecule has 2 aromatic rings. The van der Waals surface area contributed by atoms with Crippen molar-refractivity contribution in [2.45, 2.75) is 26.3 Å². The first-order valence-corrected chi connectivity index (χ1v) is 6.37. The van der Waals surface area contributed by atoms with Crippen molar-refractivity contribution in [1.82, 2.24) is 9.97 Å². The zero-order chi connectivity index (χ0) is 13.0. The van der Waals surface area contributed by atoms with Gasteiger partial charge in [0.2, 0.25) is 0 Å². The number of para-hydroxylation sites is 2. The van der Waals surface area contributed by atoms with Crippen LogP contribution in [0, 0.1) is 5.92 Å². The van der Waals surface area contributed by atoms with Gasteiger partial charge >= 0.3 is 0 Å². The molecule has 0 saturated heterocycles. The number of aromatic nitrogens is 2. The molecule has 96 valence electrons. The fourth-order valence-corrected chi connectivity index (χ4v) is 2.02. The van der Waals surface area contributed by atoms with E-state index in [0.717, 1.165) is 23.3 Å². The molecule has 4 heteroatoms. The average Bonchev–Trinajstić information content (AvgIpc) is 2.37. The monoisotopic (exact) mass is 244 g/mol. The molecule has 0 aliphatic carbocycles. The largest absolute Gasteiger partial charge is 0.365 e. The molecule has 1 heterocycles. The Bertz CT molecular complexity index is 510. The molecule has 1 unspecified atom stereocenters. The van der Waals surface area contributed by atoms with E-state index in [1.165, 1.54) is 0 Å². The number of benzene rings is 1. The lowest BCUT2D eigenvalue weighted by Crippen LogP contribution is -2.30. The maximum atomic E-state index is 5.77. The first kappa shape index (κ1) is 12.8. The van der Waals surface area contributed by atoms with E-state index >= 15 is 0 Å². The van der Waals surface area contributed by atoms with Gasteiger partial charge in [-0.1, -0.05) is 26.0 Å². The topological polar surface area (TPSA) is 63.8 Å². The Morgan fingerprint density at radius 3 is 2.61 bits per heavy atom. The second-order valence-corrected chi connectivity index (χ2v) is 4.95. The van der Waals surface area contributed by atoms with E-state index in [2.05, 4.69) is 29.1 Å². The maximum Gasteiger partial charge on any atom is 0.145 e. The standard InChI is InChI=1S/C14H20N4/c1-10(2)7-11(8-15)17-14-9-16-12-5-3-4-6-13(12)18-14/h3-6,9-11H,7-8,15H2,1-2H3,(H,17,18). The van der Waals surface area contributed by atoms with Gasteiger partial charge in [-0.2, -0.15) is 0 Å². The van der Waals surface area contributed by atoms with Crippen molar-refractivity contribution in [2.24, 2.45) is 11.7 Å². The van der Waals surface area contributed by atoms with Crippen molar-refractivity contribution in [2.75, 3.05) is 11.9 Å². The highest BCUT2D eigenvalue weighted by atomic mass is 15.0. The summed E-state index contributed by atoms with van der Waals surface area (Å²) in [5.41, 5.74) is 7.59. The molecule has 0 fully saturated rings. The predicted molar refractivity (Wildman–Crippen MR) is 75.5 cm³/mol. The summed E-state index contributed by atoms with van der Waals surface area (Å²) < 4.78 is 0. The molecule has 0 amide bonds. The lowest BCUT2D eigenvalue weighted by molar-refractivity contribution is 0.521. The summed E-state index contributed by atoms with van der Waals surface area (Å²) in [4.78, 5) is 8.92. The SMILES string of the molecule is CC(C)CC(CN)Nc1cnc2ccccc2n1. The van der Waals surface area contributed by atoms with Gasteiger partial charge in [0, 0.05) is 12.6 Å². The van der Waals surface area contributed by atoms with Gasteiger partial charge in [0.25, 0.3) is 0 Å². The van der Waals surface area contributed by atoms with Gasteiger partial charge in [0.1, 0.15) is 5.82 Å². The Balaban J connectivity index is 2.15. The second kappa shape index (κ2) is 5.78. The lowest BCUT2D eigenvalue weighted by Gasteiger charge is -2.19. The molecule has 0 spiro atoms. The molecule has 1 atom stereocenters. The Morgan fingerprint density at radius 2 is 1.94 bits per heavy atom. The van der Waals surface area contributed by atoms with E-state index in [4.69, 9.17) is 5.73 Å². The number of rotatable bonds is 5. The molecule has 1 aromatic heterocycles. The van der Waals surface area contributed by atoms with Crippen molar-refractivity contribution in [3.8, 4) is 0 Å². The van der Waals surface area contributed by atoms with Crippen LogP contribution in [0.15, 0.2) is 30.5 Å². The molecule has 4 nitrogen and oxygen atoms in total. The highest BCUT2D eigenvalue weighted by Crippen LogP contribution is 2.14. The molecule has 0 aliphatic heterocycles. The van der Waals surface area contributed by atoms with Gasteiger partial charge in [-0.05, 0) is 24.5 Å². The number of hydrogen-bond acceptors (Lipinski definition) is 4. The normalized spacial score (nSPS) is 12.9. The third-order valence-electron chi connectivity index (χ3n) is 2.84. The number of nitrogens with two attached hydrogens (primary N) is 1. The Hall–Kier alpha value is -1.68. The predicted octanol–water partition coefficient (Wildman–Crippen LogP) is 2.42. The first-order chi connectivity index (χ1) is 8.69. The van der Waals surface area contributed by atoms with E-state index in [1.54, 1.807) is 6.20 Å². The zero-order valence-electron chi connectivity index (χ0n) is 10.9. The summed E-state index contributed by atoms with van der Waals surface area (Å²) >= 11 is 0. The quantitative estimate of drug-likeness (QED) is 0.847. The third-order valence-corrected chi connectivity index (χ3v) is 2.84. The van der Waals surface area contributed by atoms with Crippen molar-refractivity contribution in [3.05, 3.63) is 30.5 Å². The fourth-order valence-electron chi connectivity index (χ4n) is 2.02. The van der Waals surface area contributed by atoms with E-state index < -0.39 is 0 Å². The van der Waals surface area contributed by atoms with E-state index in [1.807, 2.05) is 24.3 Å². The Labute approximate surface area is 108 Å². The lowest BCUT2D eigenvalue weighted by atomic mass is 10.0. The van der Waals surface area contributed by atoms with Crippen LogP contribution in [0.1, 0.15) is 20.3 Å². The van der Waals surface area contributed by atoms with Gasteiger partial charge in [0.15, 0.2) is 0 Å². The van der Waals surface area contributed by atoms with Crippen LogP contribution in [0.25, 0.3) is 11.0 Å². The minimum Gasteiger partial charge on any atom is -0.365 e. The summed E-state index contributed by atoms with van der Waals surface area (Å²) in [6, 6.07) is 8.11. The fraction of sp³-hybridized carbons (Fsp3) is 0.429. The average molecular weight is 244 g/mol.